The molecule has 0 aliphatic carbocycles. The molecule has 0 amide bonds. The van der Waals surface area contributed by atoms with E-state index >= 15 is 0 Å². The molecule has 0 spiro atoms. The fraction of sp³-hybridized carbons (Fsp3) is 0.400. The van der Waals surface area contributed by atoms with Gasteiger partial charge in [0.05, 0.1) is 38.2 Å². The van der Waals surface area contributed by atoms with Gasteiger partial charge in [-0.05, 0) is 6.07 Å². The Morgan fingerprint density at radius 1 is 1.31 bits per heavy atom. The standard InChI is InChI=1S/C10H16N4O2/c11-9-7-14(10-8(9)1-2-12-10)13(3-5-15)4-6-16/h1-2,7,12,15-16H,3-6,11H2. The van der Waals surface area contributed by atoms with E-state index < -0.39 is 0 Å². The van der Waals surface area contributed by atoms with Gasteiger partial charge < -0.3 is 25.9 Å². The van der Waals surface area contributed by atoms with Gasteiger partial charge >= 0.3 is 0 Å². The molecule has 2 rings (SSSR count). The molecular weight excluding hydrogens is 208 g/mol. The van der Waals surface area contributed by atoms with Crippen LogP contribution in [0.1, 0.15) is 0 Å². The summed E-state index contributed by atoms with van der Waals surface area (Å²) < 4.78 is 1.83. The number of anilines is 1. The summed E-state index contributed by atoms with van der Waals surface area (Å²) >= 11 is 0. The molecule has 16 heavy (non-hydrogen) atoms. The van der Waals surface area contributed by atoms with E-state index in [1.807, 2.05) is 21.9 Å². The minimum Gasteiger partial charge on any atom is -0.397 e. The largest absolute Gasteiger partial charge is 0.397 e. The summed E-state index contributed by atoms with van der Waals surface area (Å²) in [4.78, 5) is 3.08. The lowest BCUT2D eigenvalue weighted by Gasteiger charge is -2.24. The molecule has 2 heterocycles. The van der Waals surface area contributed by atoms with Gasteiger partial charge in [-0.15, -0.1) is 0 Å². The SMILES string of the molecule is Nc1cn(N(CCO)CCO)c2[nH]ccc12. The molecule has 0 radical (unpaired) electrons. The first-order chi connectivity index (χ1) is 7.77. The number of hydrogen-bond acceptors (Lipinski definition) is 4. The molecule has 6 nitrogen and oxygen atoms in total. The number of aliphatic hydroxyl groups is 2. The molecule has 5 N–H and O–H groups in total. The molecular formula is C10H16N4O2. The van der Waals surface area contributed by atoms with E-state index in [-0.39, 0.29) is 13.2 Å². The Morgan fingerprint density at radius 2 is 2.00 bits per heavy atom. The number of nitrogens with zero attached hydrogens (tertiary/aromatic N) is 2. The summed E-state index contributed by atoms with van der Waals surface area (Å²) in [7, 11) is 0. The highest BCUT2D eigenvalue weighted by Crippen LogP contribution is 2.22. The second kappa shape index (κ2) is 4.46. The third kappa shape index (κ3) is 1.72. The highest BCUT2D eigenvalue weighted by Gasteiger charge is 2.11. The lowest BCUT2D eigenvalue weighted by Crippen LogP contribution is -2.38. The Kier molecular flexibility index (Phi) is 3.02. The van der Waals surface area contributed by atoms with Crippen molar-refractivity contribution in [3.63, 3.8) is 0 Å². The molecule has 0 aliphatic rings. The first-order valence-corrected chi connectivity index (χ1v) is 5.18. The number of aromatic nitrogens is 2. The first-order valence-electron chi connectivity index (χ1n) is 5.18. The van der Waals surface area contributed by atoms with Gasteiger partial charge in [0.2, 0.25) is 0 Å². The fourth-order valence-electron chi connectivity index (χ4n) is 1.83. The van der Waals surface area contributed by atoms with Crippen LogP contribution in [0, 0.1) is 0 Å². The van der Waals surface area contributed by atoms with Crippen LogP contribution < -0.4 is 10.7 Å². The number of nitrogens with one attached hydrogen (secondary N) is 1. The number of hydrogen-bond donors (Lipinski definition) is 4. The fourth-order valence-corrected chi connectivity index (χ4v) is 1.83. The maximum Gasteiger partial charge on any atom is 0.138 e. The summed E-state index contributed by atoms with van der Waals surface area (Å²) in [6.45, 7) is 0.951. The van der Waals surface area contributed by atoms with Gasteiger partial charge in [0, 0.05) is 11.6 Å². The molecule has 2 aromatic heterocycles. The van der Waals surface area contributed by atoms with E-state index in [4.69, 9.17) is 15.9 Å². The van der Waals surface area contributed by atoms with Crippen LogP contribution in [-0.2, 0) is 0 Å². The minimum absolute atomic E-state index is 0.0281. The van der Waals surface area contributed by atoms with Crippen molar-refractivity contribution in [3.8, 4) is 0 Å². The van der Waals surface area contributed by atoms with Crippen LogP contribution in [0.25, 0.3) is 11.0 Å². The zero-order chi connectivity index (χ0) is 11.5. The van der Waals surface area contributed by atoms with Crippen LogP contribution in [0.5, 0.6) is 0 Å². The van der Waals surface area contributed by atoms with Gasteiger partial charge in [-0.3, -0.25) is 0 Å². The van der Waals surface area contributed by atoms with Gasteiger partial charge in [0.25, 0.3) is 0 Å². The maximum absolute atomic E-state index is 8.98. The molecule has 88 valence electrons. The Balaban J connectivity index is 2.38. The minimum atomic E-state index is 0.0281. The van der Waals surface area contributed by atoms with E-state index in [9.17, 15) is 0 Å². The molecule has 0 atom stereocenters. The van der Waals surface area contributed by atoms with E-state index in [1.165, 1.54) is 0 Å². The monoisotopic (exact) mass is 224 g/mol. The molecule has 2 aromatic rings. The normalized spacial score (nSPS) is 11.1. The van der Waals surface area contributed by atoms with Crippen LogP contribution >= 0.6 is 0 Å². The quantitative estimate of drug-likeness (QED) is 0.550. The van der Waals surface area contributed by atoms with Crippen molar-refractivity contribution in [2.75, 3.05) is 37.0 Å². The molecule has 6 heteroatoms. The summed E-state index contributed by atoms with van der Waals surface area (Å²) in [6.07, 6.45) is 3.60. The van der Waals surface area contributed by atoms with Crippen LogP contribution in [0.15, 0.2) is 18.5 Å². The lowest BCUT2D eigenvalue weighted by molar-refractivity contribution is 0.266. The molecule has 0 fully saturated rings. The second-order valence-corrected chi connectivity index (χ2v) is 3.57. The maximum atomic E-state index is 8.98. The van der Waals surface area contributed by atoms with Crippen molar-refractivity contribution < 1.29 is 10.2 Å². The van der Waals surface area contributed by atoms with Gasteiger partial charge in [-0.2, -0.15) is 0 Å². The number of fused-ring (bicyclic) bond motifs is 1. The number of aliphatic hydroxyl groups excluding tert-OH is 2. The number of rotatable bonds is 5. The lowest BCUT2D eigenvalue weighted by atomic mass is 10.4. The summed E-state index contributed by atoms with van der Waals surface area (Å²) in [5.74, 6) is 0. The van der Waals surface area contributed by atoms with Gasteiger partial charge in [0.1, 0.15) is 5.65 Å². The zero-order valence-corrected chi connectivity index (χ0v) is 8.93. The highest BCUT2D eigenvalue weighted by molar-refractivity contribution is 5.90. The number of aromatic amines is 1. The van der Waals surface area contributed by atoms with E-state index in [2.05, 4.69) is 4.98 Å². The van der Waals surface area contributed by atoms with Gasteiger partial charge in [0.15, 0.2) is 0 Å². The second-order valence-electron chi connectivity index (χ2n) is 3.57. The van der Waals surface area contributed by atoms with Crippen molar-refractivity contribution >= 4 is 16.7 Å². The predicted octanol–water partition coefficient (Wildman–Crippen LogP) is -0.526. The molecule has 0 saturated carbocycles. The van der Waals surface area contributed by atoms with E-state index in [1.54, 1.807) is 6.20 Å². The number of nitrogen functional groups attached to an aromatic ring is 1. The van der Waals surface area contributed by atoms with Crippen molar-refractivity contribution in [2.24, 2.45) is 0 Å². The highest BCUT2D eigenvalue weighted by atomic mass is 16.3. The molecule has 0 aromatic carbocycles. The molecule has 0 unspecified atom stereocenters. The third-order valence-corrected chi connectivity index (χ3v) is 2.55. The first kappa shape index (κ1) is 10.8. The third-order valence-electron chi connectivity index (χ3n) is 2.55. The molecule has 0 aliphatic heterocycles. The number of nitrogens with two attached hydrogens (primary N) is 1. The van der Waals surface area contributed by atoms with Crippen LogP contribution in [0.2, 0.25) is 0 Å². The summed E-state index contributed by atoms with van der Waals surface area (Å²) in [6, 6.07) is 1.90. The number of H-pyrrole nitrogens is 1. The van der Waals surface area contributed by atoms with Crippen LogP contribution in [0.3, 0.4) is 0 Å². The molecule has 0 saturated heterocycles. The molecule has 0 bridgehead atoms. The van der Waals surface area contributed by atoms with Crippen molar-refractivity contribution in [3.05, 3.63) is 18.5 Å². The Labute approximate surface area is 92.9 Å². The Bertz CT molecular complexity index is 456. The van der Waals surface area contributed by atoms with E-state index in [0.29, 0.717) is 18.8 Å². The van der Waals surface area contributed by atoms with Crippen molar-refractivity contribution in [1.82, 2.24) is 9.66 Å². The van der Waals surface area contributed by atoms with Gasteiger partial charge in [-0.1, -0.05) is 0 Å². The Morgan fingerprint density at radius 3 is 2.62 bits per heavy atom. The zero-order valence-electron chi connectivity index (χ0n) is 8.93. The van der Waals surface area contributed by atoms with Crippen molar-refractivity contribution in [2.45, 2.75) is 0 Å². The summed E-state index contributed by atoms with van der Waals surface area (Å²) in [5, 5.41) is 20.7. The smallest absolute Gasteiger partial charge is 0.138 e. The topological polar surface area (TPSA) is 90.4 Å². The van der Waals surface area contributed by atoms with Crippen LogP contribution in [-0.4, -0.2) is 46.2 Å². The Hall–Kier alpha value is -1.66. The van der Waals surface area contributed by atoms with E-state index in [0.717, 1.165) is 11.0 Å². The van der Waals surface area contributed by atoms with Crippen molar-refractivity contribution in [1.29, 1.82) is 0 Å². The van der Waals surface area contributed by atoms with Gasteiger partial charge in [-0.25, -0.2) is 4.68 Å². The van der Waals surface area contributed by atoms with Crippen LogP contribution in [0.4, 0.5) is 5.69 Å². The summed E-state index contributed by atoms with van der Waals surface area (Å²) in [5.41, 5.74) is 7.41. The average Bonchev–Trinajstić information content (AvgIpc) is 2.83. The predicted molar refractivity (Wildman–Crippen MR) is 62.8 cm³/mol. The average molecular weight is 224 g/mol.